The van der Waals surface area contributed by atoms with Crippen LogP contribution in [0, 0.1) is 21.4 Å². The maximum Gasteiger partial charge on any atom is 0.453 e. The Bertz CT molecular complexity index is 782. The molecule has 1 aromatic carbocycles. The number of alkyl halides is 3. The molecule has 2 aromatic rings. The predicted octanol–water partition coefficient (Wildman–Crippen LogP) is 1.94. The summed E-state index contributed by atoms with van der Waals surface area (Å²) in [5.41, 5.74) is -0.401. The highest BCUT2D eigenvalue weighted by Gasteiger charge is 2.38. The third-order valence-electron chi connectivity index (χ3n) is 2.40. The van der Waals surface area contributed by atoms with E-state index < -0.39 is 22.6 Å². The van der Waals surface area contributed by atoms with E-state index in [4.69, 9.17) is 11.1 Å². The molecule has 0 bridgehead atoms. The van der Waals surface area contributed by atoms with Crippen LogP contribution in [0.15, 0.2) is 28.3 Å². The van der Waals surface area contributed by atoms with Crippen molar-refractivity contribution in [2.45, 2.75) is 16.2 Å². The molecule has 0 spiro atoms. The fraction of sp³-hybridized carbons (Fsp3) is 0.100. The molecule has 0 aliphatic heterocycles. The van der Waals surface area contributed by atoms with Gasteiger partial charge in [-0.2, -0.15) is 18.4 Å². The van der Waals surface area contributed by atoms with Crippen molar-refractivity contribution in [1.29, 1.82) is 5.26 Å². The predicted molar refractivity (Wildman–Crippen MR) is 67.1 cm³/mol. The molecule has 2 N–H and O–H groups in total. The SMILES string of the molecule is N#Cc1ccc(Sc2nnc(C(F)(F)F)n2N)c([N+](=O)[O-])c1. The normalized spacial score (nSPS) is 11.2. The van der Waals surface area contributed by atoms with E-state index in [0.717, 1.165) is 6.07 Å². The smallest absolute Gasteiger partial charge is 0.335 e. The third-order valence-corrected chi connectivity index (χ3v) is 3.43. The molecule has 2 rings (SSSR count). The monoisotopic (exact) mass is 330 g/mol. The summed E-state index contributed by atoms with van der Waals surface area (Å²) < 4.78 is 37.9. The van der Waals surface area contributed by atoms with E-state index >= 15 is 0 Å². The number of nitrogens with zero attached hydrogens (tertiary/aromatic N) is 5. The molecule has 0 aliphatic rings. The number of aromatic nitrogens is 3. The highest BCUT2D eigenvalue weighted by Crippen LogP contribution is 2.36. The van der Waals surface area contributed by atoms with E-state index in [0.29, 0.717) is 11.8 Å². The lowest BCUT2D eigenvalue weighted by Gasteiger charge is -2.06. The quantitative estimate of drug-likeness (QED) is 0.518. The Balaban J connectivity index is 2.42. The van der Waals surface area contributed by atoms with Gasteiger partial charge in [-0.1, -0.05) is 0 Å². The number of nitro groups is 1. The number of rotatable bonds is 3. The minimum Gasteiger partial charge on any atom is -0.335 e. The summed E-state index contributed by atoms with van der Waals surface area (Å²) in [5, 5.41) is 25.5. The molecule has 0 radical (unpaired) electrons. The highest BCUT2D eigenvalue weighted by atomic mass is 32.2. The lowest BCUT2D eigenvalue weighted by atomic mass is 10.2. The molecule has 0 saturated heterocycles. The van der Waals surface area contributed by atoms with Gasteiger partial charge in [-0.25, -0.2) is 4.68 Å². The second-order valence-electron chi connectivity index (χ2n) is 3.83. The molecule has 22 heavy (non-hydrogen) atoms. The molecule has 0 amide bonds. The average molecular weight is 330 g/mol. The summed E-state index contributed by atoms with van der Waals surface area (Å²) in [6.07, 6.45) is -4.79. The van der Waals surface area contributed by atoms with E-state index in [1.165, 1.54) is 12.1 Å². The van der Waals surface area contributed by atoms with Gasteiger partial charge in [0.25, 0.3) is 11.5 Å². The van der Waals surface area contributed by atoms with Gasteiger partial charge in [0.2, 0.25) is 5.16 Å². The van der Waals surface area contributed by atoms with Crippen LogP contribution in [0.1, 0.15) is 11.4 Å². The van der Waals surface area contributed by atoms with Gasteiger partial charge in [-0.05, 0) is 23.9 Å². The highest BCUT2D eigenvalue weighted by molar-refractivity contribution is 7.99. The maximum absolute atomic E-state index is 12.6. The summed E-state index contributed by atoms with van der Waals surface area (Å²) in [4.78, 5) is 10.2. The van der Waals surface area contributed by atoms with E-state index in [9.17, 15) is 23.3 Å². The molecule has 1 aromatic heterocycles. The van der Waals surface area contributed by atoms with Crippen LogP contribution >= 0.6 is 11.8 Å². The number of hydrogen-bond acceptors (Lipinski definition) is 7. The van der Waals surface area contributed by atoms with Crippen molar-refractivity contribution in [2.24, 2.45) is 0 Å². The molecule has 114 valence electrons. The van der Waals surface area contributed by atoms with Crippen LogP contribution in [0.2, 0.25) is 0 Å². The minimum atomic E-state index is -4.79. The van der Waals surface area contributed by atoms with Gasteiger partial charge in [0.1, 0.15) is 0 Å². The first-order chi connectivity index (χ1) is 10.2. The van der Waals surface area contributed by atoms with Crippen molar-refractivity contribution in [3.8, 4) is 6.07 Å². The van der Waals surface area contributed by atoms with Crippen molar-refractivity contribution in [3.05, 3.63) is 39.7 Å². The number of hydrogen-bond donors (Lipinski definition) is 1. The summed E-state index contributed by atoms with van der Waals surface area (Å²) in [5.74, 6) is 3.82. The zero-order valence-corrected chi connectivity index (χ0v) is 11.2. The van der Waals surface area contributed by atoms with Crippen LogP contribution in [0.5, 0.6) is 0 Å². The lowest BCUT2D eigenvalue weighted by Crippen LogP contribution is -2.21. The minimum absolute atomic E-state index is 0.0168. The Morgan fingerprint density at radius 1 is 1.41 bits per heavy atom. The third kappa shape index (κ3) is 2.93. The summed E-state index contributed by atoms with van der Waals surface area (Å²) in [6.45, 7) is 0. The molecule has 0 unspecified atom stereocenters. The van der Waals surface area contributed by atoms with Crippen LogP contribution in [0.25, 0.3) is 0 Å². The zero-order chi connectivity index (χ0) is 16.5. The van der Waals surface area contributed by atoms with E-state index in [1.807, 2.05) is 0 Å². The van der Waals surface area contributed by atoms with Crippen LogP contribution in [0.3, 0.4) is 0 Å². The standard InChI is InChI=1S/C10H5F3N6O2S/c11-10(12,13)8-16-17-9(18(8)15)22-7-2-1-5(4-14)3-6(7)19(20)21/h1-3H,15H2. The molecule has 0 fully saturated rings. The fourth-order valence-electron chi connectivity index (χ4n) is 1.45. The van der Waals surface area contributed by atoms with Crippen LogP contribution in [0.4, 0.5) is 18.9 Å². The van der Waals surface area contributed by atoms with Gasteiger partial charge in [0.05, 0.1) is 21.5 Å². The molecule has 12 heteroatoms. The molecule has 1 heterocycles. The second-order valence-corrected chi connectivity index (χ2v) is 4.84. The van der Waals surface area contributed by atoms with Gasteiger partial charge < -0.3 is 5.84 Å². The van der Waals surface area contributed by atoms with Gasteiger partial charge in [0.15, 0.2) is 0 Å². The first-order valence-electron chi connectivity index (χ1n) is 5.38. The van der Waals surface area contributed by atoms with E-state index in [1.54, 1.807) is 6.07 Å². The first kappa shape index (κ1) is 15.6. The Labute approximate surface area is 124 Å². The number of benzene rings is 1. The summed E-state index contributed by atoms with van der Waals surface area (Å²) in [6, 6.07) is 5.25. The Kier molecular flexibility index (Phi) is 3.91. The van der Waals surface area contributed by atoms with Gasteiger partial charge in [-0.3, -0.25) is 10.1 Å². The molecular weight excluding hydrogens is 325 g/mol. The summed E-state index contributed by atoms with van der Waals surface area (Å²) >= 11 is 0.539. The molecule has 0 aliphatic carbocycles. The summed E-state index contributed by atoms with van der Waals surface area (Å²) in [7, 11) is 0. The zero-order valence-electron chi connectivity index (χ0n) is 10.4. The van der Waals surface area contributed by atoms with Gasteiger partial charge in [0, 0.05) is 6.07 Å². The number of halogens is 3. The Hall–Kier alpha value is -2.81. The molecule has 8 nitrogen and oxygen atoms in total. The van der Waals surface area contributed by atoms with Crippen molar-refractivity contribution in [3.63, 3.8) is 0 Å². The number of nitro benzene ring substituents is 1. The second kappa shape index (κ2) is 5.53. The fourth-order valence-corrected chi connectivity index (χ4v) is 2.29. The number of nitrogens with two attached hydrogens (primary N) is 1. The lowest BCUT2D eigenvalue weighted by molar-refractivity contribution is -0.387. The molecule has 0 saturated carbocycles. The number of nitriles is 1. The van der Waals surface area contributed by atoms with Gasteiger partial charge >= 0.3 is 6.18 Å². The van der Waals surface area contributed by atoms with Crippen molar-refractivity contribution in [2.75, 3.05) is 5.84 Å². The van der Waals surface area contributed by atoms with Crippen LogP contribution < -0.4 is 5.84 Å². The maximum atomic E-state index is 12.6. The van der Waals surface area contributed by atoms with Crippen LogP contribution in [-0.2, 0) is 6.18 Å². The van der Waals surface area contributed by atoms with Crippen molar-refractivity contribution >= 4 is 17.4 Å². The molecular formula is C10H5F3N6O2S. The Morgan fingerprint density at radius 2 is 2.09 bits per heavy atom. The van der Waals surface area contributed by atoms with Crippen LogP contribution in [-0.4, -0.2) is 19.8 Å². The van der Waals surface area contributed by atoms with Crippen molar-refractivity contribution < 1.29 is 18.1 Å². The Morgan fingerprint density at radius 3 is 2.59 bits per heavy atom. The van der Waals surface area contributed by atoms with Crippen molar-refractivity contribution in [1.82, 2.24) is 14.9 Å². The average Bonchev–Trinajstić information content (AvgIpc) is 2.80. The topological polar surface area (TPSA) is 124 Å². The number of nitrogen functional groups attached to an aromatic ring is 1. The molecule has 0 atom stereocenters. The van der Waals surface area contributed by atoms with E-state index in [2.05, 4.69) is 10.2 Å². The van der Waals surface area contributed by atoms with Gasteiger partial charge in [-0.15, -0.1) is 10.2 Å². The largest absolute Gasteiger partial charge is 0.453 e. The first-order valence-corrected chi connectivity index (χ1v) is 6.19. The van der Waals surface area contributed by atoms with E-state index in [-0.39, 0.29) is 20.3 Å².